The van der Waals surface area contributed by atoms with E-state index in [0.717, 1.165) is 30.9 Å². The first-order valence-corrected chi connectivity index (χ1v) is 6.41. The SMILES string of the molecule is COc1ccsc1C(=O)CC1CCOCC1. The van der Waals surface area contributed by atoms with Crippen molar-refractivity contribution in [3.05, 3.63) is 16.3 Å². The van der Waals surface area contributed by atoms with Crippen LogP contribution in [0.5, 0.6) is 5.75 Å². The molecular weight excluding hydrogens is 224 g/mol. The molecule has 0 saturated carbocycles. The van der Waals surface area contributed by atoms with Gasteiger partial charge in [-0.15, -0.1) is 11.3 Å². The summed E-state index contributed by atoms with van der Waals surface area (Å²) in [5.41, 5.74) is 0. The second-order valence-electron chi connectivity index (χ2n) is 4.00. The van der Waals surface area contributed by atoms with Crippen molar-refractivity contribution < 1.29 is 14.3 Å². The Labute approximate surface area is 99.4 Å². The molecule has 1 saturated heterocycles. The Balaban J connectivity index is 1.96. The van der Waals surface area contributed by atoms with Crippen molar-refractivity contribution >= 4 is 17.1 Å². The van der Waals surface area contributed by atoms with Crippen molar-refractivity contribution in [1.29, 1.82) is 0 Å². The fraction of sp³-hybridized carbons (Fsp3) is 0.583. The zero-order valence-electron chi connectivity index (χ0n) is 9.40. The predicted octanol–water partition coefficient (Wildman–Crippen LogP) is 2.76. The third-order valence-electron chi connectivity index (χ3n) is 2.92. The van der Waals surface area contributed by atoms with Crippen LogP contribution in [0, 0.1) is 5.92 Å². The van der Waals surface area contributed by atoms with E-state index in [-0.39, 0.29) is 5.78 Å². The number of methoxy groups -OCH3 is 1. The Morgan fingerprint density at radius 1 is 1.56 bits per heavy atom. The van der Waals surface area contributed by atoms with Gasteiger partial charge >= 0.3 is 0 Å². The largest absolute Gasteiger partial charge is 0.495 e. The van der Waals surface area contributed by atoms with Gasteiger partial charge in [-0.2, -0.15) is 0 Å². The van der Waals surface area contributed by atoms with Crippen LogP contribution in [0.1, 0.15) is 28.9 Å². The summed E-state index contributed by atoms with van der Waals surface area (Å²) >= 11 is 1.47. The molecular formula is C12H16O3S. The van der Waals surface area contributed by atoms with E-state index in [2.05, 4.69) is 0 Å². The van der Waals surface area contributed by atoms with Crippen LogP contribution >= 0.6 is 11.3 Å². The third kappa shape index (κ3) is 2.62. The van der Waals surface area contributed by atoms with Crippen molar-refractivity contribution in [3.63, 3.8) is 0 Å². The lowest BCUT2D eigenvalue weighted by Gasteiger charge is -2.20. The first-order valence-electron chi connectivity index (χ1n) is 5.53. The van der Waals surface area contributed by atoms with Gasteiger partial charge in [-0.05, 0) is 30.2 Å². The Bertz CT molecular complexity index is 353. The standard InChI is InChI=1S/C12H16O3S/c1-14-11-4-7-16-12(11)10(13)8-9-2-5-15-6-3-9/h4,7,9H,2-3,5-6,8H2,1H3. The summed E-state index contributed by atoms with van der Waals surface area (Å²) < 4.78 is 10.4. The molecule has 0 bridgehead atoms. The minimum absolute atomic E-state index is 0.207. The number of carbonyl (C=O) groups excluding carboxylic acids is 1. The number of hydrogen-bond donors (Lipinski definition) is 0. The monoisotopic (exact) mass is 240 g/mol. The van der Waals surface area contributed by atoms with Crippen LogP contribution in [-0.4, -0.2) is 26.1 Å². The topological polar surface area (TPSA) is 35.5 Å². The van der Waals surface area contributed by atoms with Crippen LogP contribution < -0.4 is 4.74 Å². The Kier molecular flexibility index (Phi) is 3.96. The van der Waals surface area contributed by atoms with E-state index >= 15 is 0 Å². The molecule has 0 N–H and O–H groups in total. The minimum Gasteiger partial charge on any atom is -0.495 e. The summed E-state index contributed by atoms with van der Waals surface area (Å²) in [6.45, 7) is 1.58. The maximum atomic E-state index is 12.0. The molecule has 4 heteroatoms. The highest BCUT2D eigenvalue weighted by atomic mass is 32.1. The Hall–Kier alpha value is -0.870. The molecule has 16 heavy (non-hydrogen) atoms. The van der Waals surface area contributed by atoms with Gasteiger partial charge in [-0.3, -0.25) is 4.79 Å². The van der Waals surface area contributed by atoms with E-state index in [9.17, 15) is 4.79 Å². The molecule has 0 unspecified atom stereocenters. The van der Waals surface area contributed by atoms with Gasteiger partial charge in [0.15, 0.2) is 5.78 Å². The van der Waals surface area contributed by atoms with Gasteiger partial charge < -0.3 is 9.47 Å². The summed E-state index contributed by atoms with van der Waals surface area (Å²) in [6.07, 6.45) is 2.62. The van der Waals surface area contributed by atoms with E-state index in [1.54, 1.807) is 7.11 Å². The van der Waals surface area contributed by atoms with Crippen LogP contribution in [0.3, 0.4) is 0 Å². The van der Waals surface area contributed by atoms with Crippen LogP contribution in [0.4, 0.5) is 0 Å². The number of Topliss-reactive ketones (excluding diaryl/α,β-unsaturated/α-hetero) is 1. The predicted molar refractivity (Wildman–Crippen MR) is 63.4 cm³/mol. The van der Waals surface area contributed by atoms with E-state index in [1.165, 1.54) is 11.3 Å². The van der Waals surface area contributed by atoms with Gasteiger partial charge in [0.05, 0.1) is 7.11 Å². The van der Waals surface area contributed by atoms with Crippen molar-refractivity contribution in [2.24, 2.45) is 5.92 Å². The molecule has 0 aliphatic carbocycles. The zero-order chi connectivity index (χ0) is 11.4. The van der Waals surface area contributed by atoms with Gasteiger partial charge in [0, 0.05) is 19.6 Å². The lowest BCUT2D eigenvalue weighted by molar-refractivity contribution is 0.0601. The molecule has 1 aliphatic heterocycles. The molecule has 0 spiro atoms. The highest BCUT2D eigenvalue weighted by Crippen LogP contribution is 2.29. The number of carbonyl (C=O) groups is 1. The highest BCUT2D eigenvalue weighted by Gasteiger charge is 2.21. The average Bonchev–Trinajstić information content (AvgIpc) is 2.78. The van der Waals surface area contributed by atoms with Crippen molar-refractivity contribution in [2.75, 3.05) is 20.3 Å². The maximum Gasteiger partial charge on any atom is 0.176 e. The molecule has 1 aliphatic rings. The summed E-state index contributed by atoms with van der Waals surface area (Å²) in [5.74, 6) is 1.40. The fourth-order valence-electron chi connectivity index (χ4n) is 1.97. The average molecular weight is 240 g/mol. The fourth-order valence-corrected chi connectivity index (χ4v) is 2.78. The number of ketones is 1. The van der Waals surface area contributed by atoms with Crippen LogP contribution in [0.25, 0.3) is 0 Å². The van der Waals surface area contributed by atoms with E-state index < -0.39 is 0 Å². The Morgan fingerprint density at radius 2 is 2.31 bits per heavy atom. The molecule has 1 aromatic heterocycles. The number of thiophene rings is 1. The summed E-state index contributed by atoms with van der Waals surface area (Å²) in [6, 6.07) is 1.85. The van der Waals surface area contributed by atoms with Gasteiger partial charge in [-0.25, -0.2) is 0 Å². The number of hydrogen-bond acceptors (Lipinski definition) is 4. The smallest absolute Gasteiger partial charge is 0.176 e. The quantitative estimate of drug-likeness (QED) is 0.759. The molecule has 2 rings (SSSR count). The van der Waals surface area contributed by atoms with E-state index in [1.807, 2.05) is 11.4 Å². The number of ether oxygens (including phenoxy) is 2. The lowest BCUT2D eigenvalue weighted by Crippen LogP contribution is -2.18. The lowest BCUT2D eigenvalue weighted by atomic mass is 9.94. The van der Waals surface area contributed by atoms with Crippen LogP contribution in [0.2, 0.25) is 0 Å². The molecule has 0 radical (unpaired) electrons. The van der Waals surface area contributed by atoms with Crippen molar-refractivity contribution in [1.82, 2.24) is 0 Å². The molecule has 0 aromatic carbocycles. The molecule has 0 amide bonds. The summed E-state index contributed by atoms with van der Waals surface area (Å²) in [5, 5.41) is 1.90. The molecule has 3 nitrogen and oxygen atoms in total. The maximum absolute atomic E-state index is 12.0. The van der Waals surface area contributed by atoms with Crippen molar-refractivity contribution in [2.45, 2.75) is 19.3 Å². The van der Waals surface area contributed by atoms with Crippen molar-refractivity contribution in [3.8, 4) is 5.75 Å². The second kappa shape index (κ2) is 5.46. The normalized spacial score (nSPS) is 17.3. The summed E-state index contributed by atoms with van der Waals surface area (Å²) in [4.78, 5) is 12.8. The summed E-state index contributed by atoms with van der Waals surface area (Å²) in [7, 11) is 1.60. The van der Waals surface area contributed by atoms with E-state index in [4.69, 9.17) is 9.47 Å². The minimum atomic E-state index is 0.207. The molecule has 1 aromatic rings. The van der Waals surface area contributed by atoms with E-state index in [0.29, 0.717) is 18.1 Å². The molecule has 88 valence electrons. The molecule has 0 atom stereocenters. The van der Waals surface area contributed by atoms with Gasteiger partial charge in [0.1, 0.15) is 10.6 Å². The van der Waals surface area contributed by atoms with Gasteiger partial charge in [-0.1, -0.05) is 0 Å². The zero-order valence-corrected chi connectivity index (χ0v) is 10.2. The first-order chi connectivity index (χ1) is 7.81. The third-order valence-corrected chi connectivity index (χ3v) is 3.85. The first kappa shape index (κ1) is 11.6. The molecule has 1 fully saturated rings. The van der Waals surface area contributed by atoms with Crippen LogP contribution in [-0.2, 0) is 4.74 Å². The van der Waals surface area contributed by atoms with Gasteiger partial charge in [0.25, 0.3) is 0 Å². The second-order valence-corrected chi connectivity index (χ2v) is 4.92. The van der Waals surface area contributed by atoms with Crippen LogP contribution in [0.15, 0.2) is 11.4 Å². The Morgan fingerprint density at radius 3 is 3.00 bits per heavy atom. The van der Waals surface area contributed by atoms with Gasteiger partial charge in [0.2, 0.25) is 0 Å². The molecule has 2 heterocycles. The highest BCUT2D eigenvalue weighted by molar-refractivity contribution is 7.12. The number of rotatable bonds is 4.